The number of hydrogen-bond donors (Lipinski definition) is 0. The minimum Gasteiger partial charge on any atom is -0.378 e. The molecule has 1 atom stereocenters. The molecule has 1 aromatic rings. The lowest BCUT2D eigenvalue weighted by Gasteiger charge is -2.39. The second-order valence-corrected chi connectivity index (χ2v) is 6.90. The van der Waals surface area contributed by atoms with Gasteiger partial charge in [0.2, 0.25) is 0 Å². The summed E-state index contributed by atoms with van der Waals surface area (Å²) in [7, 11) is 1.72. The molecule has 0 radical (unpaired) electrons. The van der Waals surface area contributed by atoms with Crippen LogP contribution in [0.2, 0.25) is 0 Å². The molecule has 1 aliphatic carbocycles. The number of rotatable bonds is 3. The Balaban J connectivity index is 1.86. The summed E-state index contributed by atoms with van der Waals surface area (Å²) in [5, 5.41) is 9.22. The molecule has 0 spiro atoms. The monoisotopic (exact) mass is 311 g/mol. The van der Waals surface area contributed by atoms with E-state index in [4.69, 9.17) is 9.72 Å². The first-order valence-corrected chi connectivity index (χ1v) is 7.86. The number of nitrogens with zero attached hydrogens (tertiary/aromatic N) is 3. The Morgan fingerprint density at radius 3 is 2.78 bits per heavy atom. The maximum Gasteiger partial charge on any atom is 0.178 e. The van der Waals surface area contributed by atoms with E-state index in [1.807, 2.05) is 38.1 Å². The van der Waals surface area contributed by atoms with Crippen LogP contribution in [0.25, 0.3) is 0 Å². The summed E-state index contributed by atoms with van der Waals surface area (Å²) in [5.74, 6) is 0.854. The number of ketones is 1. The third-order valence-corrected chi connectivity index (χ3v) is 4.72. The summed E-state index contributed by atoms with van der Waals surface area (Å²) in [6.45, 7) is 5.49. The Bertz CT molecular complexity index is 696. The van der Waals surface area contributed by atoms with Crippen LogP contribution in [-0.4, -0.2) is 37.1 Å². The van der Waals surface area contributed by atoms with Gasteiger partial charge in [-0.05, 0) is 18.6 Å². The molecule has 1 saturated heterocycles. The lowest BCUT2D eigenvalue weighted by molar-refractivity contribution is -0.123. The lowest BCUT2D eigenvalue weighted by Crippen LogP contribution is -2.52. The van der Waals surface area contributed by atoms with E-state index in [0.717, 1.165) is 24.6 Å². The highest BCUT2D eigenvalue weighted by Gasteiger charge is 2.38. The van der Waals surface area contributed by atoms with E-state index >= 15 is 0 Å². The molecule has 5 nitrogen and oxygen atoms in total. The van der Waals surface area contributed by atoms with Crippen LogP contribution in [0.3, 0.4) is 0 Å². The number of carbonyl (C=O) groups excluding carboxylic acids is 1. The van der Waals surface area contributed by atoms with Crippen molar-refractivity contribution in [3.05, 3.63) is 35.5 Å². The standard InChI is InChI=1S/C18H21N3O2/c1-18(2)8-12(7-13(9-19)17(18)22)15-5-4-6-16(20-15)21-10-14(11-21)23-3/h4-7,12,14H,8,10-11H2,1-3H3. The van der Waals surface area contributed by atoms with Crippen LogP contribution in [0.4, 0.5) is 5.82 Å². The number of methoxy groups -OCH3 is 1. The summed E-state index contributed by atoms with van der Waals surface area (Å²) >= 11 is 0. The first-order valence-electron chi connectivity index (χ1n) is 7.86. The highest BCUT2D eigenvalue weighted by molar-refractivity contribution is 6.03. The largest absolute Gasteiger partial charge is 0.378 e. The Labute approximate surface area is 136 Å². The van der Waals surface area contributed by atoms with Gasteiger partial charge in [-0.25, -0.2) is 4.98 Å². The molecule has 2 aliphatic rings. The van der Waals surface area contributed by atoms with Gasteiger partial charge < -0.3 is 9.64 Å². The van der Waals surface area contributed by atoms with E-state index in [1.165, 1.54) is 0 Å². The van der Waals surface area contributed by atoms with Gasteiger partial charge >= 0.3 is 0 Å². The molecule has 0 bridgehead atoms. The molecular formula is C18H21N3O2. The van der Waals surface area contributed by atoms with Crippen LogP contribution < -0.4 is 4.90 Å². The number of carbonyl (C=O) groups is 1. The average molecular weight is 311 g/mol. The van der Waals surface area contributed by atoms with Crippen molar-refractivity contribution in [1.29, 1.82) is 5.26 Å². The highest BCUT2D eigenvalue weighted by Crippen LogP contribution is 2.40. The van der Waals surface area contributed by atoms with E-state index in [1.54, 1.807) is 13.2 Å². The molecule has 1 fully saturated rings. The van der Waals surface area contributed by atoms with Gasteiger partial charge in [-0.2, -0.15) is 5.26 Å². The predicted octanol–water partition coefficient (Wildman–Crippen LogP) is 2.45. The van der Waals surface area contributed by atoms with E-state index in [2.05, 4.69) is 4.90 Å². The minimum atomic E-state index is -0.528. The lowest BCUT2D eigenvalue weighted by atomic mass is 9.71. The molecule has 0 amide bonds. The molecule has 0 aromatic carbocycles. The number of ether oxygens (including phenoxy) is 1. The molecule has 3 rings (SSSR count). The van der Waals surface area contributed by atoms with Gasteiger partial charge in [0, 0.05) is 37.2 Å². The number of aromatic nitrogens is 1. The molecule has 1 aromatic heterocycles. The maximum absolute atomic E-state index is 12.2. The van der Waals surface area contributed by atoms with Gasteiger partial charge in [-0.1, -0.05) is 26.0 Å². The predicted molar refractivity (Wildman–Crippen MR) is 87.1 cm³/mol. The first-order chi connectivity index (χ1) is 10.9. The van der Waals surface area contributed by atoms with Crippen molar-refractivity contribution < 1.29 is 9.53 Å². The van der Waals surface area contributed by atoms with Crippen molar-refractivity contribution in [2.24, 2.45) is 5.41 Å². The zero-order valence-electron chi connectivity index (χ0n) is 13.7. The van der Waals surface area contributed by atoms with Crippen LogP contribution in [0, 0.1) is 16.7 Å². The van der Waals surface area contributed by atoms with E-state index in [-0.39, 0.29) is 23.4 Å². The molecule has 1 aliphatic heterocycles. The second kappa shape index (κ2) is 5.78. The molecule has 5 heteroatoms. The third kappa shape index (κ3) is 2.87. The van der Waals surface area contributed by atoms with Gasteiger partial charge in [0.15, 0.2) is 5.78 Å². The molecule has 1 unspecified atom stereocenters. The van der Waals surface area contributed by atoms with Gasteiger partial charge in [0.25, 0.3) is 0 Å². The molecule has 2 heterocycles. The molecular weight excluding hydrogens is 290 g/mol. The fraction of sp³-hybridized carbons (Fsp3) is 0.500. The minimum absolute atomic E-state index is 0.00296. The van der Waals surface area contributed by atoms with Crippen LogP contribution in [0.5, 0.6) is 0 Å². The number of hydrogen-bond acceptors (Lipinski definition) is 5. The van der Waals surface area contributed by atoms with Crippen LogP contribution in [0.15, 0.2) is 29.8 Å². The zero-order valence-corrected chi connectivity index (χ0v) is 13.7. The van der Waals surface area contributed by atoms with Crippen LogP contribution in [-0.2, 0) is 9.53 Å². The van der Waals surface area contributed by atoms with Crippen molar-refractivity contribution in [1.82, 2.24) is 4.98 Å². The number of pyridine rings is 1. The Morgan fingerprint density at radius 2 is 2.13 bits per heavy atom. The molecule has 23 heavy (non-hydrogen) atoms. The van der Waals surface area contributed by atoms with Crippen molar-refractivity contribution in [3.8, 4) is 6.07 Å². The van der Waals surface area contributed by atoms with Crippen molar-refractivity contribution in [2.75, 3.05) is 25.1 Å². The Morgan fingerprint density at radius 1 is 1.39 bits per heavy atom. The third-order valence-electron chi connectivity index (χ3n) is 4.72. The SMILES string of the molecule is COC1CN(c2cccc(C3C=C(C#N)C(=O)C(C)(C)C3)n2)C1. The van der Waals surface area contributed by atoms with Gasteiger partial charge in [0.1, 0.15) is 11.9 Å². The molecule has 120 valence electrons. The summed E-state index contributed by atoms with van der Waals surface area (Å²) < 4.78 is 5.30. The van der Waals surface area contributed by atoms with Crippen LogP contribution >= 0.6 is 0 Å². The topological polar surface area (TPSA) is 66.2 Å². The van der Waals surface area contributed by atoms with Gasteiger partial charge in [0.05, 0.1) is 11.7 Å². The van der Waals surface area contributed by atoms with Gasteiger partial charge in [-0.3, -0.25) is 4.79 Å². The number of nitriles is 1. The fourth-order valence-electron chi connectivity index (χ4n) is 3.22. The van der Waals surface area contributed by atoms with Gasteiger partial charge in [-0.15, -0.1) is 0 Å². The van der Waals surface area contributed by atoms with E-state index in [9.17, 15) is 10.1 Å². The summed E-state index contributed by atoms with van der Waals surface area (Å²) in [6, 6.07) is 7.99. The highest BCUT2D eigenvalue weighted by atomic mass is 16.5. The van der Waals surface area contributed by atoms with Crippen LogP contribution in [0.1, 0.15) is 31.9 Å². The smallest absolute Gasteiger partial charge is 0.178 e. The summed E-state index contributed by atoms with van der Waals surface area (Å²) in [5.41, 5.74) is 0.638. The Kier molecular flexibility index (Phi) is 3.95. The van der Waals surface area contributed by atoms with E-state index in [0.29, 0.717) is 6.42 Å². The normalized spacial score (nSPS) is 23.9. The summed E-state index contributed by atoms with van der Waals surface area (Å²) in [4.78, 5) is 19.1. The number of anilines is 1. The molecule has 0 N–H and O–H groups in total. The number of allylic oxidation sites excluding steroid dienone is 2. The summed E-state index contributed by atoms with van der Waals surface area (Å²) in [6.07, 6.45) is 2.72. The average Bonchev–Trinajstić information content (AvgIpc) is 2.49. The van der Waals surface area contributed by atoms with Crippen molar-refractivity contribution >= 4 is 11.6 Å². The molecule has 0 saturated carbocycles. The van der Waals surface area contributed by atoms with E-state index < -0.39 is 5.41 Å². The first kappa shape index (κ1) is 15.7. The van der Waals surface area contributed by atoms with Crippen molar-refractivity contribution in [2.45, 2.75) is 32.3 Å². The number of Topliss-reactive ketones (excluding diaryl/α,β-unsaturated/α-hetero) is 1. The maximum atomic E-state index is 12.2. The second-order valence-electron chi connectivity index (χ2n) is 6.90. The van der Waals surface area contributed by atoms with Crippen molar-refractivity contribution in [3.63, 3.8) is 0 Å². The quantitative estimate of drug-likeness (QED) is 0.858. The zero-order chi connectivity index (χ0) is 16.6. The fourth-order valence-corrected chi connectivity index (χ4v) is 3.22. The Hall–Kier alpha value is -2.19.